The van der Waals surface area contributed by atoms with Crippen molar-refractivity contribution < 1.29 is 5.11 Å². The molecule has 2 aliphatic rings. The summed E-state index contributed by atoms with van der Waals surface area (Å²) < 4.78 is 0. The maximum atomic E-state index is 9.43. The Kier molecular flexibility index (Phi) is 2.61. The zero-order valence-corrected chi connectivity index (χ0v) is 8.34. The number of aliphatic hydroxyl groups is 1. The van der Waals surface area contributed by atoms with Gasteiger partial charge in [-0.25, -0.2) is 0 Å². The summed E-state index contributed by atoms with van der Waals surface area (Å²) in [5.74, 6) is 0.750. The van der Waals surface area contributed by atoms with Crippen LogP contribution in [0.4, 0.5) is 0 Å². The highest BCUT2D eigenvalue weighted by Gasteiger charge is 2.39. The van der Waals surface area contributed by atoms with E-state index in [-0.39, 0.29) is 11.6 Å². The largest absolute Gasteiger partial charge is 0.393 e. The molecule has 0 bridgehead atoms. The van der Waals surface area contributed by atoms with Crippen LogP contribution in [0.1, 0.15) is 51.4 Å². The average molecular weight is 183 g/mol. The second-order valence-electron chi connectivity index (χ2n) is 4.95. The van der Waals surface area contributed by atoms with E-state index in [2.05, 4.69) is 0 Å². The summed E-state index contributed by atoms with van der Waals surface area (Å²) in [6.07, 6.45) is 9.24. The van der Waals surface area contributed by atoms with Crippen molar-refractivity contribution in [3.8, 4) is 0 Å². The average Bonchev–Trinajstić information content (AvgIpc) is 2.63. The molecule has 13 heavy (non-hydrogen) atoms. The van der Waals surface area contributed by atoms with Crippen molar-refractivity contribution in [2.75, 3.05) is 0 Å². The van der Waals surface area contributed by atoms with Crippen molar-refractivity contribution in [2.24, 2.45) is 11.7 Å². The number of hydrogen-bond acceptors (Lipinski definition) is 2. The van der Waals surface area contributed by atoms with Crippen molar-refractivity contribution >= 4 is 0 Å². The summed E-state index contributed by atoms with van der Waals surface area (Å²) in [7, 11) is 0. The lowest BCUT2D eigenvalue weighted by Crippen LogP contribution is -2.49. The molecule has 0 saturated heterocycles. The van der Waals surface area contributed by atoms with E-state index in [1.165, 1.54) is 25.7 Å². The first-order chi connectivity index (χ1) is 6.21. The van der Waals surface area contributed by atoms with E-state index >= 15 is 0 Å². The van der Waals surface area contributed by atoms with Crippen LogP contribution >= 0.6 is 0 Å². The molecule has 2 heteroatoms. The SMILES string of the molecule is NC1(C2CCCC2)CCC(O)CC1. The van der Waals surface area contributed by atoms with Crippen LogP contribution in [0, 0.1) is 5.92 Å². The Labute approximate surface area is 80.5 Å². The van der Waals surface area contributed by atoms with Crippen LogP contribution in [0.15, 0.2) is 0 Å². The number of hydrogen-bond donors (Lipinski definition) is 2. The predicted octanol–water partition coefficient (Wildman–Crippen LogP) is 1.81. The minimum Gasteiger partial charge on any atom is -0.393 e. The van der Waals surface area contributed by atoms with Gasteiger partial charge in [-0.05, 0) is 44.4 Å². The molecule has 0 aromatic heterocycles. The molecule has 76 valence electrons. The molecule has 0 amide bonds. The fourth-order valence-electron chi connectivity index (χ4n) is 3.05. The van der Waals surface area contributed by atoms with Gasteiger partial charge in [0.2, 0.25) is 0 Å². The van der Waals surface area contributed by atoms with Crippen molar-refractivity contribution in [2.45, 2.75) is 63.0 Å². The van der Waals surface area contributed by atoms with Gasteiger partial charge in [-0.1, -0.05) is 12.8 Å². The highest BCUT2D eigenvalue weighted by atomic mass is 16.3. The molecule has 0 unspecified atom stereocenters. The van der Waals surface area contributed by atoms with Gasteiger partial charge < -0.3 is 10.8 Å². The van der Waals surface area contributed by atoms with Crippen molar-refractivity contribution in [3.05, 3.63) is 0 Å². The first kappa shape index (κ1) is 9.47. The molecular formula is C11H21NO. The molecule has 0 heterocycles. The first-order valence-electron chi connectivity index (χ1n) is 5.68. The monoisotopic (exact) mass is 183 g/mol. The minimum absolute atomic E-state index is 0.0712. The van der Waals surface area contributed by atoms with Crippen LogP contribution in [0.2, 0.25) is 0 Å². The highest BCUT2D eigenvalue weighted by Crippen LogP contribution is 2.40. The fraction of sp³-hybridized carbons (Fsp3) is 1.00. The van der Waals surface area contributed by atoms with Gasteiger partial charge in [0.15, 0.2) is 0 Å². The zero-order valence-electron chi connectivity index (χ0n) is 8.34. The standard InChI is InChI=1S/C11H21NO/c12-11(9-3-1-2-4-9)7-5-10(13)6-8-11/h9-10,13H,1-8,12H2. The lowest BCUT2D eigenvalue weighted by Gasteiger charge is -2.40. The summed E-state index contributed by atoms with van der Waals surface area (Å²) in [6.45, 7) is 0. The number of nitrogens with two attached hydrogens (primary N) is 1. The van der Waals surface area contributed by atoms with E-state index in [1.54, 1.807) is 0 Å². The third kappa shape index (κ3) is 1.89. The fourth-order valence-corrected chi connectivity index (χ4v) is 3.05. The summed E-state index contributed by atoms with van der Waals surface area (Å²) in [6, 6.07) is 0. The molecule has 2 nitrogen and oxygen atoms in total. The molecule has 0 atom stereocenters. The molecule has 0 aromatic rings. The lowest BCUT2D eigenvalue weighted by atomic mass is 9.72. The highest BCUT2D eigenvalue weighted by molar-refractivity contribution is 4.96. The van der Waals surface area contributed by atoms with E-state index < -0.39 is 0 Å². The van der Waals surface area contributed by atoms with Crippen LogP contribution in [0.5, 0.6) is 0 Å². The van der Waals surface area contributed by atoms with E-state index in [0.717, 1.165) is 31.6 Å². The van der Waals surface area contributed by atoms with Crippen molar-refractivity contribution in [3.63, 3.8) is 0 Å². The second-order valence-corrected chi connectivity index (χ2v) is 4.95. The van der Waals surface area contributed by atoms with Gasteiger partial charge in [-0.3, -0.25) is 0 Å². The molecule has 2 rings (SSSR count). The second kappa shape index (κ2) is 3.58. The summed E-state index contributed by atoms with van der Waals surface area (Å²) in [5, 5.41) is 9.43. The Hall–Kier alpha value is -0.0800. The lowest BCUT2D eigenvalue weighted by molar-refractivity contribution is 0.0755. The van der Waals surface area contributed by atoms with E-state index in [4.69, 9.17) is 5.73 Å². The predicted molar refractivity (Wildman–Crippen MR) is 53.4 cm³/mol. The maximum absolute atomic E-state index is 9.43. The Bertz CT molecular complexity index is 167. The van der Waals surface area contributed by atoms with Crippen LogP contribution in [-0.2, 0) is 0 Å². The van der Waals surface area contributed by atoms with E-state index in [0.29, 0.717) is 0 Å². The molecule has 0 spiro atoms. The minimum atomic E-state index is -0.0712. The van der Waals surface area contributed by atoms with Crippen molar-refractivity contribution in [1.82, 2.24) is 0 Å². The van der Waals surface area contributed by atoms with Gasteiger partial charge in [0.25, 0.3) is 0 Å². The Balaban J connectivity index is 1.95. The summed E-state index contributed by atoms with van der Waals surface area (Å²) in [4.78, 5) is 0. The van der Waals surface area contributed by atoms with E-state index in [1.807, 2.05) is 0 Å². The molecule has 3 N–H and O–H groups in total. The summed E-state index contributed by atoms with van der Waals surface area (Å²) in [5.41, 5.74) is 6.49. The third-order valence-electron chi connectivity index (χ3n) is 4.05. The van der Waals surface area contributed by atoms with Gasteiger partial charge in [0.05, 0.1) is 6.10 Å². The van der Waals surface area contributed by atoms with Gasteiger partial charge in [0, 0.05) is 5.54 Å². The van der Waals surface area contributed by atoms with Gasteiger partial charge >= 0.3 is 0 Å². The molecule has 0 aliphatic heterocycles. The maximum Gasteiger partial charge on any atom is 0.0541 e. The molecule has 0 aromatic carbocycles. The molecular weight excluding hydrogens is 162 g/mol. The van der Waals surface area contributed by atoms with Gasteiger partial charge in [0.1, 0.15) is 0 Å². The van der Waals surface area contributed by atoms with Crippen LogP contribution in [0.25, 0.3) is 0 Å². The van der Waals surface area contributed by atoms with Crippen LogP contribution in [0.3, 0.4) is 0 Å². The Morgan fingerprint density at radius 3 is 2.08 bits per heavy atom. The zero-order chi connectivity index (χ0) is 9.31. The van der Waals surface area contributed by atoms with E-state index in [9.17, 15) is 5.11 Å². The van der Waals surface area contributed by atoms with Crippen molar-refractivity contribution in [1.29, 1.82) is 0 Å². The number of aliphatic hydroxyl groups excluding tert-OH is 1. The topological polar surface area (TPSA) is 46.2 Å². The van der Waals surface area contributed by atoms with Gasteiger partial charge in [-0.2, -0.15) is 0 Å². The summed E-state index contributed by atoms with van der Waals surface area (Å²) >= 11 is 0. The van der Waals surface area contributed by atoms with Gasteiger partial charge in [-0.15, -0.1) is 0 Å². The third-order valence-corrected chi connectivity index (χ3v) is 4.05. The van der Waals surface area contributed by atoms with Crippen LogP contribution in [-0.4, -0.2) is 16.7 Å². The first-order valence-corrected chi connectivity index (χ1v) is 5.68. The van der Waals surface area contributed by atoms with Crippen LogP contribution < -0.4 is 5.73 Å². The molecule has 2 saturated carbocycles. The molecule has 2 fully saturated rings. The Morgan fingerprint density at radius 1 is 1.00 bits per heavy atom. The molecule has 2 aliphatic carbocycles. The number of rotatable bonds is 1. The molecule has 0 radical (unpaired) electrons. The quantitative estimate of drug-likeness (QED) is 0.651. The Morgan fingerprint density at radius 2 is 1.54 bits per heavy atom. The smallest absolute Gasteiger partial charge is 0.0541 e. The normalized spacial score (nSPS) is 42.5.